The molecule has 0 aliphatic rings. The maximum Gasteiger partial charge on any atom is 0.358 e. The predicted molar refractivity (Wildman–Crippen MR) is 64.3 cm³/mol. The van der Waals surface area contributed by atoms with Crippen molar-refractivity contribution in [1.82, 2.24) is 10.1 Å². The fourth-order valence-corrected chi connectivity index (χ4v) is 3.05. The minimum absolute atomic E-state index is 0.0823. The van der Waals surface area contributed by atoms with Crippen molar-refractivity contribution in [1.29, 1.82) is 0 Å². The largest absolute Gasteiger partial charge is 0.476 e. The first kappa shape index (κ1) is 11.9. The van der Waals surface area contributed by atoms with Gasteiger partial charge in [-0.1, -0.05) is 16.5 Å². The minimum Gasteiger partial charge on any atom is -0.476 e. The molecule has 8 heteroatoms. The maximum absolute atomic E-state index is 10.6. The van der Waals surface area contributed by atoms with Crippen molar-refractivity contribution < 1.29 is 14.4 Å². The highest BCUT2D eigenvalue weighted by Gasteiger charge is 2.12. The Morgan fingerprint density at radius 1 is 1.71 bits per heavy atom. The van der Waals surface area contributed by atoms with Crippen molar-refractivity contribution in [2.75, 3.05) is 5.73 Å². The summed E-state index contributed by atoms with van der Waals surface area (Å²) in [6, 6.07) is 1.41. The minimum atomic E-state index is -1.09. The van der Waals surface area contributed by atoms with Crippen LogP contribution in [0.2, 0.25) is 0 Å². The first-order valence-corrected chi connectivity index (χ1v) is 6.41. The lowest BCUT2D eigenvalue weighted by atomic mass is 10.4. The van der Waals surface area contributed by atoms with Crippen LogP contribution in [0, 0.1) is 6.92 Å². The zero-order valence-corrected chi connectivity index (χ0v) is 10.5. The highest BCUT2D eigenvalue weighted by molar-refractivity contribution is 8.00. The van der Waals surface area contributed by atoms with Crippen LogP contribution in [0.3, 0.4) is 0 Å². The summed E-state index contributed by atoms with van der Waals surface area (Å²) in [5, 5.41) is 12.6. The van der Waals surface area contributed by atoms with Gasteiger partial charge in [-0.25, -0.2) is 9.78 Å². The number of aromatic nitrogens is 2. The fraction of sp³-hybridized carbons (Fsp3) is 0.222. The molecule has 2 aromatic rings. The Morgan fingerprint density at radius 2 is 2.47 bits per heavy atom. The van der Waals surface area contributed by atoms with Gasteiger partial charge in [0.25, 0.3) is 0 Å². The molecule has 17 heavy (non-hydrogen) atoms. The van der Waals surface area contributed by atoms with E-state index in [1.807, 2.05) is 6.92 Å². The SMILES string of the molecule is Cc1nc(N)sc1SCc1cc(C(=O)O)no1. The number of nitrogens with two attached hydrogens (primary N) is 1. The van der Waals surface area contributed by atoms with Crippen LogP contribution in [-0.4, -0.2) is 21.2 Å². The number of aryl methyl sites for hydroxylation is 1. The van der Waals surface area contributed by atoms with Crippen molar-refractivity contribution in [3.63, 3.8) is 0 Å². The summed E-state index contributed by atoms with van der Waals surface area (Å²) in [5.74, 6) is -0.0788. The van der Waals surface area contributed by atoms with Crippen molar-refractivity contribution in [2.24, 2.45) is 0 Å². The lowest BCUT2D eigenvalue weighted by Gasteiger charge is -1.94. The summed E-state index contributed by atoms with van der Waals surface area (Å²) < 4.78 is 5.89. The molecule has 90 valence electrons. The van der Waals surface area contributed by atoms with Gasteiger partial charge >= 0.3 is 5.97 Å². The van der Waals surface area contributed by atoms with Gasteiger partial charge in [-0.15, -0.1) is 11.8 Å². The van der Waals surface area contributed by atoms with E-state index >= 15 is 0 Å². The molecule has 0 aliphatic heterocycles. The van der Waals surface area contributed by atoms with Crippen molar-refractivity contribution in [2.45, 2.75) is 16.9 Å². The van der Waals surface area contributed by atoms with Crippen LogP contribution in [0.1, 0.15) is 21.9 Å². The number of thiazole rings is 1. The fourth-order valence-electron chi connectivity index (χ4n) is 1.15. The third kappa shape index (κ3) is 2.77. The molecule has 0 atom stereocenters. The van der Waals surface area contributed by atoms with Gasteiger partial charge in [0.05, 0.1) is 15.7 Å². The van der Waals surface area contributed by atoms with Crippen LogP contribution in [0.5, 0.6) is 0 Å². The van der Waals surface area contributed by atoms with Gasteiger partial charge in [-0.05, 0) is 6.92 Å². The highest BCUT2D eigenvalue weighted by atomic mass is 32.2. The van der Waals surface area contributed by atoms with Gasteiger partial charge in [0, 0.05) is 6.07 Å². The highest BCUT2D eigenvalue weighted by Crippen LogP contribution is 2.32. The van der Waals surface area contributed by atoms with Gasteiger partial charge in [0.15, 0.2) is 10.8 Å². The van der Waals surface area contributed by atoms with E-state index in [4.69, 9.17) is 15.4 Å². The average Bonchev–Trinajstić information content (AvgIpc) is 2.82. The van der Waals surface area contributed by atoms with Crippen LogP contribution in [0.25, 0.3) is 0 Å². The van der Waals surface area contributed by atoms with Crippen LogP contribution >= 0.6 is 23.1 Å². The lowest BCUT2D eigenvalue weighted by Crippen LogP contribution is -1.94. The zero-order chi connectivity index (χ0) is 12.4. The Bertz CT molecular complexity index is 549. The number of nitrogens with zero attached hydrogens (tertiary/aromatic N) is 2. The molecule has 0 spiro atoms. The number of anilines is 1. The lowest BCUT2D eigenvalue weighted by molar-refractivity contribution is 0.0685. The number of carboxylic acids is 1. The molecule has 0 saturated carbocycles. The molecule has 2 rings (SSSR count). The first-order valence-electron chi connectivity index (χ1n) is 4.61. The summed E-state index contributed by atoms with van der Waals surface area (Å²) in [6.07, 6.45) is 0. The Balaban J connectivity index is 2.02. The van der Waals surface area contributed by atoms with E-state index in [-0.39, 0.29) is 5.69 Å². The van der Waals surface area contributed by atoms with E-state index in [0.717, 1.165) is 9.90 Å². The molecule has 0 amide bonds. The summed E-state index contributed by atoms with van der Waals surface area (Å²) in [5.41, 5.74) is 6.36. The van der Waals surface area contributed by atoms with Crippen LogP contribution < -0.4 is 5.73 Å². The number of carboxylic acid groups (broad SMARTS) is 1. The summed E-state index contributed by atoms with van der Waals surface area (Å²) in [6.45, 7) is 1.87. The molecule has 0 unspecified atom stereocenters. The second-order valence-corrected chi connectivity index (χ2v) is 5.47. The van der Waals surface area contributed by atoms with Crippen molar-refractivity contribution in [3.8, 4) is 0 Å². The number of thioether (sulfide) groups is 1. The van der Waals surface area contributed by atoms with Crippen molar-refractivity contribution >= 4 is 34.2 Å². The van der Waals surface area contributed by atoms with E-state index in [1.165, 1.54) is 29.2 Å². The smallest absolute Gasteiger partial charge is 0.358 e. The molecular weight excluding hydrogens is 262 g/mol. The molecule has 0 aromatic carbocycles. The van der Waals surface area contributed by atoms with E-state index in [2.05, 4.69) is 10.1 Å². The van der Waals surface area contributed by atoms with Crippen LogP contribution in [-0.2, 0) is 5.75 Å². The molecule has 0 fully saturated rings. The zero-order valence-electron chi connectivity index (χ0n) is 8.84. The molecule has 6 nitrogen and oxygen atoms in total. The first-order chi connectivity index (χ1) is 8.06. The number of hydrogen-bond acceptors (Lipinski definition) is 7. The normalized spacial score (nSPS) is 10.6. The Hall–Kier alpha value is -1.54. The Morgan fingerprint density at radius 3 is 3.00 bits per heavy atom. The summed E-state index contributed by atoms with van der Waals surface area (Å²) in [7, 11) is 0. The maximum atomic E-state index is 10.6. The molecule has 0 aliphatic carbocycles. The summed E-state index contributed by atoms with van der Waals surface area (Å²) in [4.78, 5) is 14.7. The third-order valence-corrected chi connectivity index (χ3v) is 4.27. The molecule has 3 N–H and O–H groups in total. The third-order valence-electron chi connectivity index (χ3n) is 1.89. The molecule has 2 heterocycles. The van der Waals surface area contributed by atoms with Crippen molar-refractivity contribution in [3.05, 3.63) is 23.2 Å². The number of hydrogen-bond donors (Lipinski definition) is 2. The summed E-state index contributed by atoms with van der Waals surface area (Å²) >= 11 is 2.89. The Labute approximate surface area is 105 Å². The number of nitrogen functional groups attached to an aromatic ring is 1. The van der Waals surface area contributed by atoms with E-state index in [0.29, 0.717) is 16.6 Å². The quantitative estimate of drug-likeness (QED) is 0.820. The van der Waals surface area contributed by atoms with Gasteiger partial charge in [0.2, 0.25) is 0 Å². The van der Waals surface area contributed by atoms with E-state index < -0.39 is 5.97 Å². The van der Waals surface area contributed by atoms with Gasteiger partial charge in [-0.2, -0.15) is 0 Å². The average molecular weight is 271 g/mol. The van der Waals surface area contributed by atoms with Crippen LogP contribution in [0.4, 0.5) is 5.13 Å². The molecular formula is C9H9N3O3S2. The molecule has 0 radical (unpaired) electrons. The monoisotopic (exact) mass is 271 g/mol. The molecule has 0 bridgehead atoms. The standard InChI is InChI=1S/C9H9N3O3S2/c1-4-8(17-9(10)11-4)16-3-5-2-6(7(13)14)12-15-5/h2H,3H2,1H3,(H2,10,11)(H,13,14). The second-order valence-electron chi connectivity index (χ2n) is 3.20. The topological polar surface area (TPSA) is 102 Å². The molecule has 2 aromatic heterocycles. The second kappa shape index (κ2) is 4.76. The predicted octanol–water partition coefficient (Wildman–Crippen LogP) is 2.01. The number of aromatic carboxylic acids is 1. The van der Waals surface area contributed by atoms with E-state index in [9.17, 15) is 4.79 Å². The van der Waals surface area contributed by atoms with Gasteiger partial charge < -0.3 is 15.4 Å². The number of rotatable bonds is 4. The number of carbonyl (C=O) groups is 1. The van der Waals surface area contributed by atoms with Gasteiger partial charge in [-0.3, -0.25) is 0 Å². The van der Waals surface area contributed by atoms with Crippen LogP contribution in [0.15, 0.2) is 14.8 Å². The molecule has 0 saturated heterocycles. The van der Waals surface area contributed by atoms with E-state index in [1.54, 1.807) is 0 Å². The van der Waals surface area contributed by atoms with Gasteiger partial charge in [0.1, 0.15) is 5.76 Å². The Kier molecular flexibility index (Phi) is 3.34.